The molecule has 0 aliphatic heterocycles. The zero-order chi connectivity index (χ0) is 12.8. The first-order valence-corrected chi connectivity index (χ1v) is 6.68. The number of rotatable bonds is 6. The van der Waals surface area contributed by atoms with Gasteiger partial charge in [-0.05, 0) is 24.6 Å². The van der Waals surface area contributed by atoms with Gasteiger partial charge in [-0.1, -0.05) is 18.5 Å². The Hall–Kier alpha value is -0.870. The van der Waals surface area contributed by atoms with Gasteiger partial charge < -0.3 is 9.84 Å². The lowest BCUT2D eigenvalue weighted by atomic mass is 10.2. The van der Waals surface area contributed by atoms with Crippen molar-refractivity contribution in [1.82, 2.24) is 0 Å². The van der Waals surface area contributed by atoms with Crippen molar-refractivity contribution in [3.8, 4) is 5.75 Å². The standard InChI is InChI=1S/C12H15ClO3S/c1-3-11(12(14)15)17-7-8-6-9(13)4-5-10(8)16-2/h4-6,11H,3,7H2,1-2H3,(H,14,15). The number of halogens is 1. The Balaban J connectivity index is 2.73. The van der Waals surface area contributed by atoms with Crippen LogP contribution in [0, 0.1) is 0 Å². The summed E-state index contributed by atoms with van der Waals surface area (Å²) in [7, 11) is 1.59. The molecule has 0 radical (unpaired) electrons. The molecule has 1 N–H and O–H groups in total. The van der Waals surface area contributed by atoms with E-state index >= 15 is 0 Å². The van der Waals surface area contributed by atoms with Gasteiger partial charge in [0.2, 0.25) is 0 Å². The van der Waals surface area contributed by atoms with Crippen molar-refractivity contribution < 1.29 is 14.6 Å². The number of ether oxygens (including phenoxy) is 1. The molecular weight excluding hydrogens is 260 g/mol. The molecule has 1 aromatic carbocycles. The highest BCUT2D eigenvalue weighted by Gasteiger charge is 2.16. The third kappa shape index (κ3) is 4.13. The minimum Gasteiger partial charge on any atom is -0.496 e. The average molecular weight is 275 g/mol. The van der Waals surface area contributed by atoms with Gasteiger partial charge in [0.25, 0.3) is 0 Å². The monoisotopic (exact) mass is 274 g/mol. The third-order valence-corrected chi connectivity index (χ3v) is 3.98. The van der Waals surface area contributed by atoms with Crippen molar-refractivity contribution in [3.63, 3.8) is 0 Å². The van der Waals surface area contributed by atoms with Crippen LogP contribution in [0.4, 0.5) is 0 Å². The molecule has 17 heavy (non-hydrogen) atoms. The SMILES string of the molecule is CCC(SCc1cc(Cl)ccc1OC)C(=O)O. The lowest BCUT2D eigenvalue weighted by Crippen LogP contribution is -2.15. The average Bonchev–Trinajstić information content (AvgIpc) is 2.29. The second kappa shape index (κ2) is 6.77. The molecule has 0 bridgehead atoms. The molecule has 0 fully saturated rings. The molecule has 94 valence electrons. The summed E-state index contributed by atoms with van der Waals surface area (Å²) < 4.78 is 5.21. The van der Waals surface area contributed by atoms with Crippen LogP contribution in [0.3, 0.4) is 0 Å². The molecule has 0 heterocycles. The minimum absolute atomic E-state index is 0.390. The lowest BCUT2D eigenvalue weighted by Gasteiger charge is -2.12. The van der Waals surface area contributed by atoms with E-state index in [1.165, 1.54) is 11.8 Å². The molecule has 0 spiro atoms. The number of carbonyl (C=O) groups is 1. The number of benzene rings is 1. The van der Waals surface area contributed by atoms with Gasteiger partial charge >= 0.3 is 5.97 Å². The van der Waals surface area contributed by atoms with Gasteiger partial charge in [0, 0.05) is 16.3 Å². The van der Waals surface area contributed by atoms with Crippen LogP contribution in [-0.2, 0) is 10.5 Å². The number of carboxylic acid groups (broad SMARTS) is 1. The van der Waals surface area contributed by atoms with Crippen molar-refractivity contribution in [2.45, 2.75) is 24.3 Å². The molecule has 0 saturated carbocycles. The number of aliphatic carboxylic acids is 1. The number of hydrogen-bond donors (Lipinski definition) is 1. The second-order valence-corrected chi connectivity index (χ2v) is 5.13. The fourth-order valence-corrected chi connectivity index (χ4v) is 2.59. The predicted octanol–water partition coefficient (Wildman–Crippen LogP) is 3.45. The van der Waals surface area contributed by atoms with Crippen molar-refractivity contribution >= 4 is 29.3 Å². The summed E-state index contributed by atoms with van der Waals surface area (Å²) in [5.74, 6) is 0.537. The van der Waals surface area contributed by atoms with E-state index in [9.17, 15) is 4.79 Å². The van der Waals surface area contributed by atoms with Crippen LogP contribution in [0.15, 0.2) is 18.2 Å². The van der Waals surface area contributed by atoms with Crippen LogP contribution in [0.5, 0.6) is 5.75 Å². The molecule has 1 aromatic rings. The van der Waals surface area contributed by atoms with Crippen LogP contribution in [0.25, 0.3) is 0 Å². The summed E-state index contributed by atoms with van der Waals surface area (Å²) in [6, 6.07) is 5.35. The number of hydrogen-bond acceptors (Lipinski definition) is 3. The molecule has 1 atom stereocenters. The third-order valence-electron chi connectivity index (χ3n) is 2.33. The molecule has 5 heteroatoms. The molecule has 0 aliphatic carbocycles. The van der Waals surface area contributed by atoms with Gasteiger partial charge in [0.1, 0.15) is 11.0 Å². The Morgan fingerprint density at radius 1 is 1.59 bits per heavy atom. The lowest BCUT2D eigenvalue weighted by molar-refractivity contribution is -0.136. The van der Waals surface area contributed by atoms with E-state index in [0.29, 0.717) is 17.2 Å². The van der Waals surface area contributed by atoms with Crippen molar-refractivity contribution in [1.29, 1.82) is 0 Å². The highest BCUT2D eigenvalue weighted by Crippen LogP contribution is 2.29. The summed E-state index contributed by atoms with van der Waals surface area (Å²) in [5, 5.41) is 9.19. The quantitative estimate of drug-likeness (QED) is 0.863. The van der Waals surface area contributed by atoms with Gasteiger partial charge in [-0.3, -0.25) is 4.79 Å². The number of methoxy groups -OCH3 is 1. The first-order chi connectivity index (χ1) is 8.08. The van der Waals surface area contributed by atoms with Crippen molar-refractivity contribution in [2.24, 2.45) is 0 Å². The van der Waals surface area contributed by atoms with Crippen LogP contribution in [0.2, 0.25) is 5.02 Å². The van der Waals surface area contributed by atoms with E-state index in [1.54, 1.807) is 19.2 Å². The van der Waals surface area contributed by atoms with Gasteiger partial charge in [-0.2, -0.15) is 0 Å². The van der Waals surface area contributed by atoms with Gasteiger partial charge in [-0.15, -0.1) is 11.8 Å². The van der Waals surface area contributed by atoms with E-state index in [1.807, 2.05) is 13.0 Å². The molecule has 0 aromatic heterocycles. The van der Waals surface area contributed by atoms with E-state index in [-0.39, 0.29) is 0 Å². The number of thioether (sulfide) groups is 1. The molecule has 1 unspecified atom stereocenters. The fourth-order valence-electron chi connectivity index (χ4n) is 1.41. The van der Waals surface area contributed by atoms with Gasteiger partial charge in [0.05, 0.1) is 7.11 Å². The Bertz CT molecular complexity index is 395. The molecular formula is C12H15ClO3S. The summed E-state index contributed by atoms with van der Waals surface area (Å²) in [6.07, 6.45) is 0.600. The Labute approximate surface area is 110 Å². The van der Waals surface area contributed by atoms with Crippen LogP contribution in [0.1, 0.15) is 18.9 Å². The summed E-state index contributed by atoms with van der Waals surface area (Å²) in [4.78, 5) is 10.9. The predicted molar refractivity (Wildman–Crippen MR) is 71.0 cm³/mol. The van der Waals surface area contributed by atoms with Gasteiger partial charge in [-0.25, -0.2) is 0 Å². The molecule has 0 aliphatic rings. The Morgan fingerprint density at radius 3 is 2.82 bits per heavy atom. The Kier molecular flexibility index (Phi) is 5.65. The zero-order valence-electron chi connectivity index (χ0n) is 9.77. The summed E-state index contributed by atoms with van der Waals surface area (Å²) >= 11 is 7.29. The Morgan fingerprint density at radius 2 is 2.29 bits per heavy atom. The van der Waals surface area contributed by atoms with Crippen LogP contribution >= 0.6 is 23.4 Å². The van der Waals surface area contributed by atoms with Crippen LogP contribution < -0.4 is 4.74 Å². The smallest absolute Gasteiger partial charge is 0.316 e. The van der Waals surface area contributed by atoms with Crippen molar-refractivity contribution in [3.05, 3.63) is 28.8 Å². The summed E-state index contributed by atoms with van der Waals surface area (Å²) in [5.41, 5.74) is 0.921. The maximum Gasteiger partial charge on any atom is 0.316 e. The molecule has 0 amide bonds. The van der Waals surface area contributed by atoms with E-state index < -0.39 is 11.2 Å². The largest absolute Gasteiger partial charge is 0.496 e. The van der Waals surface area contributed by atoms with E-state index in [2.05, 4.69) is 0 Å². The maximum absolute atomic E-state index is 10.9. The minimum atomic E-state index is -0.779. The second-order valence-electron chi connectivity index (χ2n) is 3.50. The van der Waals surface area contributed by atoms with Gasteiger partial charge in [0.15, 0.2) is 0 Å². The summed E-state index contributed by atoms with van der Waals surface area (Å²) in [6.45, 7) is 1.86. The fraction of sp³-hybridized carbons (Fsp3) is 0.417. The highest BCUT2D eigenvalue weighted by molar-refractivity contribution is 7.99. The molecule has 1 rings (SSSR count). The molecule has 0 saturated heterocycles. The van der Waals surface area contributed by atoms with Crippen LogP contribution in [-0.4, -0.2) is 23.4 Å². The zero-order valence-corrected chi connectivity index (χ0v) is 11.3. The first-order valence-electron chi connectivity index (χ1n) is 5.25. The topological polar surface area (TPSA) is 46.5 Å². The van der Waals surface area contributed by atoms with E-state index in [0.717, 1.165) is 11.3 Å². The van der Waals surface area contributed by atoms with Crippen molar-refractivity contribution in [2.75, 3.05) is 7.11 Å². The maximum atomic E-state index is 10.9. The van der Waals surface area contributed by atoms with E-state index in [4.69, 9.17) is 21.4 Å². The first kappa shape index (κ1) is 14.2. The highest BCUT2D eigenvalue weighted by atomic mass is 35.5. The molecule has 3 nitrogen and oxygen atoms in total. The normalized spacial score (nSPS) is 12.2. The number of carboxylic acids is 1.